The smallest absolute Gasteiger partial charge is 0.244 e. The number of anilines is 1. The Kier molecular flexibility index (Phi) is 5.59. The molecule has 118 valence electrons. The fourth-order valence-corrected chi connectivity index (χ4v) is 4.53. The van der Waals surface area contributed by atoms with E-state index in [4.69, 9.17) is 5.84 Å². The summed E-state index contributed by atoms with van der Waals surface area (Å²) in [6.07, 6.45) is 6.05. The molecule has 1 saturated carbocycles. The molecule has 0 amide bonds. The molecule has 1 aromatic rings. The molecule has 0 bridgehead atoms. The fraction of sp³-hybridized carbons (Fsp3) is 0.615. The number of nitrogens with one attached hydrogen (secondary N) is 2. The van der Waals surface area contributed by atoms with E-state index < -0.39 is 10.0 Å². The summed E-state index contributed by atoms with van der Waals surface area (Å²) in [4.78, 5) is 4.03. The summed E-state index contributed by atoms with van der Waals surface area (Å²) >= 11 is 3.23. The van der Waals surface area contributed by atoms with Crippen molar-refractivity contribution in [3.05, 3.63) is 16.7 Å². The molecule has 0 saturated heterocycles. The number of hydrogen-bond acceptors (Lipinski definition) is 5. The molecule has 0 aliphatic heterocycles. The molecule has 1 fully saturated rings. The summed E-state index contributed by atoms with van der Waals surface area (Å²) < 4.78 is 28.1. The van der Waals surface area contributed by atoms with Crippen LogP contribution in [0.15, 0.2) is 21.6 Å². The third-order valence-electron chi connectivity index (χ3n) is 3.85. The van der Waals surface area contributed by atoms with Crippen molar-refractivity contribution >= 4 is 31.8 Å². The topological polar surface area (TPSA) is 97.1 Å². The molecule has 1 aliphatic carbocycles. The maximum atomic E-state index is 12.4. The van der Waals surface area contributed by atoms with Gasteiger partial charge in [0.05, 0.1) is 0 Å². The van der Waals surface area contributed by atoms with Crippen LogP contribution in [0, 0.1) is 11.8 Å². The van der Waals surface area contributed by atoms with Gasteiger partial charge in [-0.3, -0.25) is 0 Å². The zero-order valence-corrected chi connectivity index (χ0v) is 14.4. The van der Waals surface area contributed by atoms with Crippen LogP contribution in [0.25, 0.3) is 0 Å². The molecule has 0 aromatic carbocycles. The first-order valence-corrected chi connectivity index (χ1v) is 9.32. The number of halogens is 1. The minimum Gasteiger partial charge on any atom is -0.307 e. The Bertz CT molecular complexity index is 594. The van der Waals surface area contributed by atoms with E-state index in [9.17, 15) is 8.42 Å². The number of aromatic nitrogens is 1. The van der Waals surface area contributed by atoms with Crippen molar-refractivity contribution in [3.8, 4) is 0 Å². The maximum Gasteiger partial charge on any atom is 0.244 e. The second kappa shape index (κ2) is 7.04. The summed E-state index contributed by atoms with van der Waals surface area (Å²) in [7, 11) is -3.63. The third kappa shape index (κ3) is 4.38. The normalized spacial score (nSPS) is 23.0. The first-order valence-electron chi connectivity index (χ1n) is 7.04. The van der Waals surface area contributed by atoms with Crippen LogP contribution in [0.2, 0.25) is 0 Å². The van der Waals surface area contributed by atoms with Gasteiger partial charge in [-0.2, -0.15) is 0 Å². The van der Waals surface area contributed by atoms with Crippen molar-refractivity contribution in [2.24, 2.45) is 17.7 Å². The number of pyridine rings is 1. The Labute approximate surface area is 134 Å². The molecule has 2 rings (SSSR count). The lowest BCUT2D eigenvalue weighted by Gasteiger charge is -2.26. The number of hydrogen-bond donors (Lipinski definition) is 3. The molecule has 8 heteroatoms. The van der Waals surface area contributed by atoms with Crippen LogP contribution in [0.1, 0.15) is 32.6 Å². The number of nitrogen functional groups attached to an aromatic ring is 1. The lowest BCUT2D eigenvalue weighted by Crippen LogP contribution is -2.32. The largest absolute Gasteiger partial charge is 0.307 e. The van der Waals surface area contributed by atoms with Crippen molar-refractivity contribution in [2.75, 3.05) is 12.0 Å². The van der Waals surface area contributed by atoms with Gasteiger partial charge >= 0.3 is 0 Å². The van der Waals surface area contributed by atoms with Crippen molar-refractivity contribution in [3.63, 3.8) is 0 Å². The maximum absolute atomic E-state index is 12.4. The second-order valence-electron chi connectivity index (χ2n) is 5.63. The highest BCUT2D eigenvalue weighted by Gasteiger charge is 2.24. The van der Waals surface area contributed by atoms with Crippen LogP contribution in [0.3, 0.4) is 0 Å². The first kappa shape index (κ1) is 16.7. The van der Waals surface area contributed by atoms with Gasteiger partial charge in [-0.1, -0.05) is 19.8 Å². The molecule has 2 atom stereocenters. The zero-order chi connectivity index (χ0) is 15.5. The van der Waals surface area contributed by atoms with Crippen LogP contribution in [-0.4, -0.2) is 19.9 Å². The molecule has 0 spiro atoms. The minimum absolute atomic E-state index is 0.0585. The summed E-state index contributed by atoms with van der Waals surface area (Å²) in [5, 5.41) is 0. The third-order valence-corrected chi connectivity index (χ3v) is 5.72. The van der Waals surface area contributed by atoms with Gasteiger partial charge in [-0.15, -0.1) is 0 Å². The SMILES string of the molecule is CC1CCCC(CNS(=O)(=O)c2cc(Br)cnc2NN)C1. The van der Waals surface area contributed by atoms with Crippen LogP contribution in [0.5, 0.6) is 0 Å². The highest BCUT2D eigenvalue weighted by molar-refractivity contribution is 9.10. The molecular weight excluding hydrogens is 356 g/mol. The molecule has 21 heavy (non-hydrogen) atoms. The molecule has 0 radical (unpaired) electrons. The van der Waals surface area contributed by atoms with E-state index in [-0.39, 0.29) is 10.7 Å². The molecule has 4 N–H and O–H groups in total. The van der Waals surface area contributed by atoms with Gasteiger partial charge in [0.25, 0.3) is 0 Å². The fourth-order valence-electron chi connectivity index (χ4n) is 2.78. The zero-order valence-electron chi connectivity index (χ0n) is 12.0. The van der Waals surface area contributed by atoms with Gasteiger partial charge in [0.15, 0.2) is 5.82 Å². The minimum atomic E-state index is -3.63. The van der Waals surface area contributed by atoms with E-state index in [1.165, 1.54) is 25.1 Å². The molecule has 6 nitrogen and oxygen atoms in total. The highest BCUT2D eigenvalue weighted by atomic mass is 79.9. The van der Waals surface area contributed by atoms with E-state index in [1.807, 2.05) is 0 Å². The number of nitrogens with zero attached hydrogens (tertiary/aromatic N) is 1. The first-order chi connectivity index (χ1) is 9.92. The predicted octanol–water partition coefficient (Wildman–Crippen LogP) is 2.23. The van der Waals surface area contributed by atoms with Gasteiger partial charge in [0, 0.05) is 17.2 Å². The second-order valence-corrected chi connectivity index (χ2v) is 8.29. The molecular formula is C13H21BrN4O2S. The number of hydrazine groups is 1. The number of sulfonamides is 1. The molecule has 1 heterocycles. The van der Waals surface area contributed by atoms with Gasteiger partial charge in [-0.25, -0.2) is 24.0 Å². The van der Waals surface area contributed by atoms with Gasteiger partial charge < -0.3 is 5.43 Å². The monoisotopic (exact) mass is 376 g/mol. The van der Waals surface area contributed by atoms with E-state index in [0.29, 0.717) is 22.9 Å². The van der Waals surface area contributed by atoms with E-state index in [0.717, 1.165) is 12.8 Å². The number of rotatable bonds is 5. The van der Waals surface area contributed by atoms with E-state index in [2.05, 4.69) is 38.0 Å². The van der Waals surface area contributed by atoms with Gasteiger partial charge in [0.2, 0.25) is 10.0 Å². The van der Waals surface area contributed by atoms with Crippen LogP contribution >= 0.6 is 15.9 Å². The number of nitrogens with two attached hydrogens (primary N) is 1. The lowest BCUT2D eigenvalue weighted by molar-refractivity contribution is 0.283. The lowest BCUT2D eigenvalue weighted by atomic mass is 9.83. The Morgan fingerprint density at radius 1 is 1.48 bits per heavy atom. The van der Waals surface area contributed by atoms with Crippen LogP contribution < -0.4 is 16.0 Å². The van der Waals surface area contributed by atoms with Gasteiger partial charge in [-0.05, 0) is 46.7 Å². The molecule has 1 aliphatic rings. The average Bonchev–Trinajstić information content (AvgIpc) is 2.45. The van der Waals surface area contributed by atoms with Crippen molar-refractivity contribution in [1.82, 2.24) is 9.71 Å². The Morgan fingerprint density at radius 2 is 2.24 bits per heavy atom. The van der Waals surface area contributed by atoms with Crippen molar-refractivity contribution in [2.45, 2.75) is 37.5 Å². The Balaban J connectivity index is 2.09. The molecule has 1 aromatic heterocycles. The van der Waals surface area contributed by atoms with Crippen molar-refractivity contribution < 1.29 is 8.42 Å². The van der Waals surface area contributed by atoms with Crippen LogP contribution in [-0.2, 0) is 10.0 Å². The summed E-state index contributed by atoms with van der Waals surface area (Å²) in [6.45, 7) is 2.68. The predicted molar refractivity (Wildman–Crippen MR) is 86.1 cm³/mol. The molecule has 2 unspecified atom stereocenters. The van der Waals surface area contributed by atoms with E-state index in [1.54, 1.807) is 0 Å². The highest BCUT2D eigenvalue weighted by Crippen LogP contribution is 2.28. The van der Waals surface area contributed by atoms with E-state index >= 15 is 0 Å². The summed E-state index contributed by atoms with van der Waals surface area (Å²) in [6, 6.07) is 1.49. The summed E-state index contributed by atoms with van der Waals surface area (Å²) in [5.41, 5.74) is 2.32. The Hall–Kier alpha value is -0.700. The average molecular weight is 377 g/mol. The quantitative estimate of drug-likeness (QED) is 0.540. The van der Waals surface area contributed by atoms with Gasteiger partial charge in [0.1, 0.15) is 4.90 Å². The van der Waals surface area contributed by atoms with Crippen molar-refractivity contribution in [1.29, 1.82) is 0 Å². The summed E-state index contributed by atoms with van der Waals surface area (Å²) in [5.74, 6) is 6.55. The Morgan fingerprint density at radius 3 is 2.90 bits per heavy atom. The van der Waals surface area contributed by atoms with Crippen LogP contribution in [0.4, 0.5) is 5.82 Å². The standard InChI is InChI=1S/C13H21BrN4O2S/c1-9-3-2-4-10(5-9)7-17-21(19,20)12-6-11(14)8-16-13(12)18-15/h6,8-10,17H,2-5,7,15H2,1H3,(H,16,18).